The Morgan fingerprint density at radius 3 is 2.21 bits per heavy atom. The summed E-state index contributed by atoms with van der Waals surface area (Å²) in [4.78, 5) is 12.6. The summed E-state index contributed by atoms with van der Waals surface area (Å²) in [5, 5.41) is 24.0. The van der Waals surface area contributed by atoms with Crippen LogP contribution in [0, 0.1) is 10.1 Å². The molecular weight excluding hydrogens is 460 g/mol. The minimum atomic E-state index is -4.11. The van der Waals surface area contributed by atoms with Crippen molar-refractivity contribution in [2.24, 2.45) is 0 Å². The molecule has 0 aromatic heterocycles. The molecule has 1 atom stereocenters. The number of quaternary nitrogens is 1. The maximum absolute atomic E-state index is 13.3. The number of hydrogen-bond donors (Lipinski definition) is 1. The molecule has 0 aliphatic carbocycles. The van der Waals surface area contributed by atoms with Crippen LogP contribution in [0.4, 0.5) is 5.69 Å². The van der Waals surface area contributed by atoms with Gasteiger partial charge in [0.1, 0.15) is 6.54 Å². The fourth-order valence-electron chi connectivity index (χ4n) is 4.69. The Labute approximate surface area is 198 Å². The molecule has 0 unspecified atom stereocenters. The largest absolute Gasteiger partial charge is 0.616 e. The van der Waals surface area contributed by atoms with Crippen molar-refractivity contribution < 1.29 is 27.7 Å². The van der Waals surface area contributed by atoms with E-state index in [2.05, 4.69) is 9.62 Å². The molecule has 2 aromatic carbocycles. The molecule has 10 nitrogen and oxygen atoms in total. The van der Waals surface area contributed by atoms with Crippen LogP contribution in [0.25, 0.3) is 0 Å². The average Bonchev–Trinajstić information content (AvgIpc) is 2.87. The van der Waals surface area contributed by atoms with E-state index in [0.717, 1.165) is 51.4 Å². The lowest BCUT2D eigenvalue weighted by Crippen LogP contribution is -2.68. The fourth-order valence-corrected chi connectivity index (χ4v) is 5.91. The summed E-state index contributed by atoms with van der Waals surface area (Å²) >= 11 is 0. The maximum atomic E-state index is 13.3. The molecule has 2 aromatic rings. The van der Waals surface area contributed by atoms with Gasteiger partial charge >= 0.3 is 0 Å². The van der Waals surface area contributed by atoms with E-state index in [-0.39, 0.29) is 10.6 Å². The van der Waals surface area contributed by atoms with Crippen molar-refractivity contribution in [3.05, 3.63) is 81.8 Å². The third-order valence-electron chi connectivity index (χ3n) is 6.74. The van der Waals surface area contributed by atoms with Crippen LogP contribution in [0.15, 0.2) is 71.0 Å². The van der Waals surface area contributed by atoms with Crippen molar-refractivity contribution in [1.82, 2.24) is 9.62 Å². The summed E-state index contributed by atoms with van der Waals surface area (Å²) in [7, 11) is -2.82. The second-order valence-corrected chi connectivity index (χ2v) is 10.5. The Bertz CT molecular complexity index is 1150. The summed E-state index contributed by atoms with van der Waals surface area (Å²) in [5.41, 5.74) is 0.747. The Morgan fingerprint density at radius 1 is 1.09 bits per heavy atom. The predicted octanol–water partition coefficient (Wildman–Crippen LogP) is 0.979. The number of nitrogens with one attached hydrogen (secondary N) is 1. The zero-order valence-corrected chi connectivity index (χ0v) is 19.7. The van der Waals surface area contributed by atoms with Gasteiger partial charge in [0.15, 0.2) is 0 Å². The Hall–Kier alpha value is -2.99. The van der Waals surface area contributed by atoms with Gasteiger partial charge < -0.3 is 14.3 Å². The van der Waals surface area contributed by atoms with Crippen molar-refractivity contribution in [3.8, 4) is 0 Å². The SMILES string of the molecule is CO/C([O-])=C(\C[N+]12CCN(CC1)CC2)[C@@H](NS(=O)(=O)c1ccc([N+](=O)[O-])cc1)c1ccccc1. The van der Waals surface area contributed by atoms with Crippen LogP contribution in [0.1, 0.15) is 11.6 Å². The van der Waals surface area contributed by atoms with Gasteiger partial charge in [0.25, 0.3) is 5.69 Å². The summed E-state index contributed by atoms with van der Waals surface area (Å²) in [6.45, 7) is 5.87. The lowest BCUT2D eigenvalue weighted by atomic mass is 9.97. The van der Waals surface area contributed by atoms with Crippen LogP contribution in [0.3, 0.4) is 0 Å². The van der Waals surface area contributed by atoms with Crippen molar-refractivity contribution in [2.75, 3.05) is 52.9 Å². The maximum Gasteiger partial charge on any atom is 0.269 e. The van der Waals surface area contributed by atoms with Gasteiger partial charge in [-0.2, -0.15) is 4.72 Å². The number of hydrogen-bond acceptors (Lipinski definition) is 7. The van der Waals surface area contributed by atoms with Gasteiger partial charge in [-0.15, -0.1) is 0 Å². The van der Waals surface area contributed by atoms with Gasteiger partial charge in [0, 0.05) is 37.3 Å². The number of non-ortho nitro benzene ring substituents is 1. The van der Waals surface area contributed by atoms with E-state index in [1.807, 2.05) is 6.07 Å². The number of benzene rings is 2. The molecule has 3 aliphatic heterocycles. The molecular formula is C23H28N4O6S. The van der Waals surface area contributed by atoms with E-state index in [1.165, 1.54) is 19.2 Å². The van der Waals surface area contributed by atoms with E-state index in [1.54, 1.807) is 24.3 Å². The molecule has 0 amide bonds. The highest BCUT2D eigenvalue weighted by atomic mass is 32.2. The number of fused-ring (bicyclic) bond motifs is 3. The number of nitrogens with zero attached hydrogens (tertiary/aromatic N) is 3. The molecule has 2 bridgehead atoms. The van der Waals surface area contributed by atoms with Crippen molar-refractivity contribution in [1.29, 1.82) is 0 Å². The highest BCUT2D eigenvalue weighted by molar-refractivity contribution is 7.89. The highest BCUT2D eigenvalue weighted by Crippen LogP contribution is 2.31. The van der Waals surface area contributed by atoms with Crippen LogP contribution in [0.2, 0.25) is 0 Å². The molecule has 0 saturated carbocycles. The minimum Gasteiger partial charge on any atom is -0.616 e. The summed E-state index contributed by atoms with van der Waals surface area (Å²) in [5.74, 6) is -0.555. The molecule has 3 heterocycles. The molecule has 0 radical (unpaired) electrons. The van der Waals surface area contributed by atoms with Crippen molar-refractivity contribution >= 4 is 15.7 Å². The van der Waals surface area contributed by atoms with Crippen LogP contribution < -0.4 is 9.83 Å². The number of piperazine rings is 3. The normalized spacial score (nSPS) is 23.7. The third kappa shape index (κ3) is 5.07. The molecule has 0 spiro atoms. The van der Waals surface area contributed by atoms with Crippen LogP contribution in [-0.2, 0) is 14.8 Å². The second kappa shape index (κ2) is 9.71. The first-order chi connectivity index (χ1) is 16.2. The van der Waals surface area contributed by atoms with Gasteiger partial charge in [-0.05, 0) is 24.8 Å². The Morgan fingerprint density at radius 2 is 1.68 bits per heavy atom. The summed E-state index contributed by atoms with van der Waals surface area (Å²) in [6, 6.07) is 12.6. The predicted molar refractivity (Wildman–Crippen MR) is 123 cm³/mol. The first-order valence-electron chi connectivity index (χ1n) is 11.1. The molecule has 5 rings (SSSR count). The van der Waals surface area contributed by atoms with Crippen LogP contribution >= 0.6 is 0 Å². The lowest BCUT2D eigenvalue weighted by molar-refractivity contribution is -0.937. The topological polar surface area (TPSA) is 125 Å². The molecule has 182 valence electrons. The van der Waals surface area contributed by atoms with Gasteiger partial charge in [-0.1, -0.05) is 30.3 Å². The second-order valence-electron chi connectivity index (χ2n) is 8.75. The van der Waals surface area contributed by atoms with Gasteiger partial charge in [0.2, 0.25) is 10.0 Å². The number of nitro benzene ring substituents is 1. The monoisotopic (exact) mass is 488 g/mol. The quantitative estimate of drug-likeness (QED) is 0.241. The van der Waals surface area contributed by atoms with Crippen LogP contribution in [0.5, 0.6) is 0 Å². The zero-order chi connectivity index (χ0) is 24.3. The van der Waals surface area contributed by atoms with Gasteiger partial charge in [0.05, 0.1) is 41.4 Å². The van der Waals surface area contributed by atoms with Crippen molar-refractivity contribution in [3.63, 3.8) is 0 Å². The molecule has 3 aliphatic rings. The standard InChI is InChI=1S/C23H28N4O6S/c1-33-23(28)21(17-27-14-11-25(12-15-27)13-16-27)22(18-5-3-2-4-6-18)24-34(31,32)20-9-7-19(8-10-20)26(29)30/h2-10,22,24H,11-17H2,1H3/b23-21+/t22-/m0/s1. The van der Waals surface area contributed by atoms with E-state index in [9.17, 15) is 23.6 Å². The summed E-state index contributed by atoms with van der Waals surface area (Å²) < 4.78 is 35.1. The average molecular weight is 489 g/mol. The minimum absolute atomic E-state index is 0.123. The smallest absolute Gasteiger partial charge is 0.269 e. The van der Waals surface area contributed by atoms with E-state index < -0.39 is 26.9 Å². The van der Waals surface area contributed by atoms with E-state index >= 15 is 0 Å². The number of sulfonamides is 1. The number of methoxy groups -OCH3 is 1. The third-order valence-corrected chi connectivity index (χ3v) is 8.18. The number of ether oxygens (including phenoxy) is 1. The highest BCUT2D eigenvalue weighted by Gasteiger charge is 2.41. The summed E-state index contributed by atoms with van der Waals surface area (Å²) in [6.07, 6.45) is 0. The molecule has 3 fully saturated rings. The van der Waals surface area contributed by atoms with E-state index in [0.29, 0.717) is 22.2 Å². The Balaban J connectivity index is 1.71. The number of nitro groups is 1. The molecule has 34 heavy (non-hydrogen) atoms. The van der Waals surface area contributed by atoms with E-state index in [4.69, 9.17) is 4.74 Å². The van der Waals surface area contributed by atoms with Gasteiger partial charge in [-0.25, -0.2) is 8.42 Å². The Kier molecular flexibility index (Phi) is 6.89. The van der Waals surface area contributed by atoms with Crippen LogP contribution in [-0.4, -0.2) is 75.6 Å². The first kappa shape index (κ1) is 24.1. The van der Waals surface area contributed by atoms with Crippen molar-refractivity contribution in [2.45, 2.75) is 10.9 Å². The first-order valence-corrected chi connectivity index (χ1v) is 12.5. The zero-order valence-electron chi connectivity index (χ0n) is 18.9. The molecule has 1 N–H and O–H groups in total. The number of rotatable bonds is 9. The molecule has 11 heteroatoms. The lowest BCUT2D eigenvalue weighted by Gasteiger charge is -2.51. The molecule has 3 saturated heterocycles. The van der Waals surface area contributed by atoms with Gasteiger partial charge in [-0.3, -0.25) is 15.0 Å². The fraction of sp³-hybridized carbons (Fsp3) is 0.391.